The first kappa shape index (κ1) is 7.61. The minimum Gasteiger partial charge on any atom is -0.0985 e. The number of hydrogen-bond acceptors (Lipinski definition) is 0. The molecule has 0 aliphatic heterocycles. The van der Waals surface area contributed by atoms with E-state index in [1.807, 2.05) is 12.1 Å². The Labute approximate surface area is 70.5 Å². The van der Waals surface area contributed by atoms with Gasteiger partial charge in [0.2, 0.25) is 0 Å². The molecule has 0 amide bonds. The van der Waals surface area contributed by atoms with Crippen LogP contribution in [0.25, 0.3) is 6.08 Å². The second-order valence-electron chi connectivity index (χ2n) is 2.27. The van der Waals surface area contributed by atoms with Crippen molar-refractivity contribution in [3.05, 3.63) is 34.8 Å². The van der Waals surface area contributed by atoms with E-state index in [0.29, 0.717) is 0 Å². The zero-order chi connectivity index (χ0) is 7.56. The highest BCUT2D eigenvalue weighted by molar-refractivity contribution is 9.10. The van der Waals surface area contributed by atoms with E-state index >= 15 is 0 Å². The van der Waals surface area contributed by atoms with E-state index in [9.17, 15) is 0 Å². The van der Waals surface area contributed by atoms with Crippen molar-refractivity contribution in [3.8, 4) is 0 Å². The van der Waals surface area contributed by atoms with E-state index in [0.717, 1.165) is 10.0 Å². The van der Waals surface area contributed by atoms with E-state index in [-0.39, 0.29) is 0 Å². The van der Waals surface area contributed by atoms with Crippen LogP contribution in [0.15, 0.2) is 29.3 Å². The number of halogens is 1. The Bertz CT molecular complexity index is 235. The van der Waals surface area contributed by atoms with Crippen molar-refractivity contribution < 1.29 is 0 Å². The summed E-state index contributed by atoms with van der Waals surface area (Å²) in [4.78, 5) is 0. The van der Waals surface area contributed by atoms with Gasteiger partial charge in [-0.3, -0.25) is 0 Å². The third-order valence-corrected chi connectivity index (χ3v) is 1.76. The van der Waals surface area contributed by atoms with Gasteiger partial charge in [-0.2, -0.15) is 0 Å². The maximum atomic E-state index is 3.69. The van der Waals surface area contributed by atoms with Gasteiger partial charge >= 0.3 is 0 Å². The standard InChI is InChI=1S/C8H8BBr/c1-2-6-3-7(9)5-8(10)4-6/h2-5H,1,9H2. The van der Waals surface area contributed by atoms with Gasteiger partial charge in [-0.15, -0.1) is 0 Å². The zero-order valence-electron chi connectivity index (χ0n) is 5.89. The number of rotatable bonds is 1. The fourth-order valence-electron chi connectivity index (χ4n) is 0.882. The van der Waals surface area contributed by atoms with Crippen LogP contribution >= 0.6 is 15.9 Å². The predicted octanol–water partition coefficient (Wildman–Crippen LogP) is 1.35. The molecule has 0 aliphatic rings. The molecule has 1 rings (SSSR count). The van der Waals surface area contributed by atoms with Gasteiger partial charge in [-0.05, 0) is 11.6 Å². The van der Waals surface area contributed by atoms with Gasteiger partial charge in [0, 0.05) is 4.47 Å². The Kier molecular flexibility index (Phi) is 2.33. The molecule has 0 atom stereocenters. The van der Waals surface area contributed by atoms with Crippen LogP contribution in [0.4, 0.5) is 0 Å². The highest BCUT2D eigenvalue weighted by Gasteiger charge is 1.90. The summed E-state index contributed by atoms with van der Waals surface area (Å²) in [5, 5.41) is 0. The second-order valence-corrected chi connectivity index (χ2v) is 3.18. The number of benzene rings is 1. The molecule has 2 heteroatoms. The lowest BCUT2D eigenvalue weighted by Crippen LogP contribution is -2.01. The van der Waals surface area contributed by atoms with Crippen molar-refractivity contribution >= 4 is 35.3 Å². The normalized spacial score (nSPS) is 9.30. The van der Waals surface area contributed by atoms with E-state index in [4.69, 9.17) is 0 Å². The Morgan fingerprint density at radius 2 is 2.10 bits per heavy atom. The predicted molar refractivity (Wildman–Crippen MR) is 52.4 cm³/mol. The topological polar surface area (TPSA) is 0 Å². The molecule has 0 nitrogen and oxygen atoms in total. The zero-order valence-corrected chi connectivity index (χ0v) is 7.48. The van der Waals surface area contributed by atoms with Crippen LogP contribution in [-0.4, -0.2) is 7.85 Å². The van der Waals surface area contributed by atoms with Gasteiger partial charge < -0.3 is 0 Å². The third kappa shape index (κ3) is 1.74. The molecule has 0 fully saturated rings. The smallest absolute Gasteiger partial charge is 0.0985 e. The molecule has 0 unspecified atom stereocenters. The summed E-state index contributed by atoms with van der Waals surface area (Å²) in [6, 6.07) is 6.21. The lowest BCUT2D eigenvalue weighted by Gasteiger charge is -1.96. The minimum atomic E-state index is 1.11. The summed E-state index contributed by atoms with van der Waals surface area (Å²) in [5.41, 5.74) is 2.41. The molecular formula is C8H8BBr. The molecule has 0 saturated heterocycles. The Morgan fingerprint density at radius 3 is 2.60 bits per heavy atom. The fourth-order valence-corrected chi connectivity index (χ4v) is 1.51. The lowest BCUT2D eigenvalue weighted by molar-refractivity contribution is 1.66. The highest BCUT2D eigenvalue weighted by atomic mass is 79.9. The van der Waals surface area contributed by atoms with Gasteiger partial charge in [0.15, 0.2) is 0 Å². The minimum absolute atomic E-state index is 1.11. The molecule has 10 heavy (non-hydrogen) atoms. The van der Waals surface area contributed by atoms with E-state index in [2.05, 4.69) is 42.5 Å². The van der Waals surface area contributed by atoms with Crippen LogP contribution in [0.5, 0.6) is 0 Å². The molecule has 50 valence electrons. The molecule has 0 saturated carbocycles. The van der Waals surface area contributed by atoms with E-state index in [1.165, 1.54) is 5.46 Å². The Morgan fingerprint density at radius 1 is 1.40 bits per heavy atom. The van der Waals surface area contributed by atoms with Crippen molar-refractivity contribution in [1.29, 1.82) is 0 Å². The second kappa shape index (κ2) is 3.06. The quantitative estimate of drug-likeness (QED) is 0.593. The van der Waals surface area contributed by atoms with Gasteiger partial charge in [0.25, 0.3) is 0 Å². The number of hydrogen-bond donors (Lipinski definition) is 0. The van der Waals surface area contributed by atoms with Crippen LogP contribution in [0.1, 0.15) is 5.56 Å². The monoisotopic (exact) mass is 194 g/mol. The third-order valence-electron chi connectivity index (χ3n) is 1.30. The largest absolute Gasteiger partial charge is 0.139 e. The Hall–Kier alpha value is -0.495. The van der Waals surface area contributed by atoms with Crippen LogP contribution in [0.3, 0.4) is 0 Å². The molecule has 0 heterocycles. The molecule has 0 bridgehead atoms. The summed E-state index contributed by atoms with van der Waals surface area (Å²) < 4.78 is 1.11. The maximum absolute atomic E-state index is 3.69. The van der Waals surface area contributed by atoms with E-state index < -0.39 is 0 Å². The average molecular weight is 195 g/mol. The van der Waals surface area contributed by atoms with Crippen molar-refractivity contribution in [1.82, 2.24) is 0 Å². The lowest BCUT2D eigenvalue weighted by atomic mass is 9.94. The van der Waals surface area contributed by atoms with Gasteiger partial charge in [0.05, 0.1) is 0 Å². The van der Waals surface area contributed by atoms with Crippen molar-refractivity contribution in [2.45, 2.75) is 0 Å². The molecule has 0 aliphatic carbocycles. The van der Waals surface area contributed by atoms with Crippen LogP contribution < -0.4 is 5.46 Å². The molecule has 0 radical (unpaired) electrons. The summed E-state index contributed by atoms with van der Waals surface area (Å²) >= 11 is 3.41. The summed E-state index contributed by atoms with van der Waals surface area (Å²) in [7, 11) is 2.07. The van der Waals surface area contributed by atoms with E-state index in [1.54, 1.807) is 0 Å². The molecule has 1 aromatic rings. The fraction of sp³-hybridized carbons (Fsp3) is 0. The SMILES string of the molecule is Bc1cc(Br)cc(C=C)c1. The van der Waals surface area contributed by atoms with Gasteiger partial charge in [0.1, 0.15) is 7.85 Å². The van der Waals surface area contributed by atoms with Crippen molar-refractivity contribution in [2.75, 3.05) is 0 Å². The summed E-state index contributed by atoms with van der Waals surface area (Å²) in [5.74, 6) is 0. The van der Waals surface area contributed by atoms with Crippen molar-refractivity contribution in [3.63, 3.8) is 0 Å². The molecule has 0 aromatic heterocycles. The average Bonchev–Trinajstić information content (AvgIpc) is 1.85. The molecule has 0 N–H and O–H groups in total. The van der Waals surface area contributed by atoms with Gasteiger partial charge in [-0.1, -0.05) is 46.2 Å². The molecule has 0 spiro atoms. The summed E-state index contributed by atoms with van der Waals surface area (Å²) in [6.07, 6.45) is 1.84. The first-order chi connectivity index (χ1) is 4.72. The maximum Gasteiger partial charge on any atom is 0.139 e. The first-order valence-electron chi connectivity index (χ1n) is 3.12. The summed E-state index contributed by atoms with van der Waals surface area (Å²) in [6.45, 7) is 3.69. The van der Waals surface area contributed by atoms with Crippen LogP contribution in [-0.2, 0) is 0 Å². The first-order valence-corrected chi connectivity index (χ1v) is 3.91. The Balaban J connectivity index is 3.18. The van der Waals surface area contributed by atoms with Crippen LogP contribution in [0.2, 0.25) is 0 Å². The van der Waals surface area contributed by atoms with Crippen molar-refractivity contribution in [2.24, 2.45) is 0 Å². The van der Waals surface area contributed by atoms with Crippen LogP contribution in [0, 0.1) is 0 Å². The molecule has 1 aromatic carbocycles. The van der Waals surface area contributed by atoms with Gasteiger partial charge in [-0.25, -0.2) is 0 Å². The molecular weight excluding hydrogens is 187 g/mol. The highest BCUT2D eigenvalue weighted by Crippen LogP contribution is 2.10.